The summed E-state index contributed by atoms with van der Waals surface area (Å²) in [6, 6.07) is 16.3. The van der Waals surface area contributed by atoms with Gasteiger partial charge in [-0.2, -0.15) is 0 Å². The highest BCUT2D eigenvalue weighted by atomic mass is 35.5. The van der Waals surface area contributed by atoms with Gasteiger partial charge >= 0.3 is 0 Å². The van der Waals surface area contributed by atoms with Crippen molar-refractivity contribution >= 4 is 17.5 Å². The van der Waals surface area contributed by atoms with Crippen molar-refractivity contribution in [3.05, 3.63) is 70.2 Å². The van der Waals surface area contributed by atoms with Crippen molar-refractivity contribution in [2.75, 3.05) is 32.7 Å². The van der Waals surface area contributed by atoms with Crippen molar-refractivity contribution in [3.8, 4) is 0 Å². The quantitative estimate of drug-likeness (QED) is 0.749. The number of rotatable bonds is 5. The topological polar surface area (TPSA) is 53.0 Å². The van der Waals surface area contributed by atoms with Gasteiger partial charge in [-0.05, 0) is 48.4 Å². The number of amides is 1. The molecule has 0 radical (unpaired) electrons. The number of nitrogens with zero attached hydrogens (tertiary/aromatic N) is 2. The van der Waals surface area contributed by atoms with Gasteiger partial charge in [-0.25, -0.2) is 0 Å². The molecule has 6 heteroatoms. The van der Waals surface area contributed by atoms with E-state index in [0.717, 1.165) is 31.5 Å². The number of β-amino-alcohol motifs (C(OH)–C–C–N with tert-alkyl or cyclic N) is 1. The van der Waals surface area contributed by atoms with Crippen LogP contribution in [0.3, 0.4) is 0 Å². The zero-order valence-electron chi connectivity index (χ0n) is 18.4. The Kier molecular flexibility index (Phi) is 6.26. The second kappa shape index (κ2) is 9.14. The van der Waals surface area contributed by atoms with Crippen LogP contribution in [-0.4, -0.2) is 59.6 Å². The lowest BCUT2D eigenvalue weighted by atomic mass is 9.83. The summed E-state index contributed by atoms with van der Waals surface area (Å²) in [4.78, 5) is 17.6. The Hall–Kier alpha value is -1.92. The van der Waals surface area contributed by atoms with Crippen LogP contribution in [0.2, 0.25) is 5.02 Å². The standard InChI is InChI=1S/C26H31ClN2O3/c27-24-8-4-2-5-19(24)15-21(25(31)29-12-9-22(30)17-29)16-28-13-10-26(11-14-28)23-7-3-1-6-20(23)18-32-26/h1-8,21-22,30H,9-18H2/t21?,22-/m1/s1. The average Bonchev–Trinajstić information content (AvgIpc) is 3.40. The summed E-state index contributed by atoms with van der Waals surface area (Å²) in [5.74, 6) is -0.0461. The number of aliphatic hydroxyl groups is 1. The number of fused-ring (bicyclic) bond motifs is 2. The zero-order chi connectivity index (χ0) is 22.1. The van der Waals surface area contributed by atoms with Crippen LogP contribution in [-0.2, 0) is 28.2 Å². The summed E-state index contributed by atoms with van der Waals surface area (Å²) in [7, 11) is 0. The second-order valence-electron chi connectivity index (χ2n) is 9.46. The third kappa shape index (κ3) is 4.32. The summed E-state index contributed by atoms with van der Waals surface area (Å²) < 4.78 is 6.31. The third-order valence-corrected chi connectivity index (χ3v) is 7.77. The number of hydrogen-bond donors (Lipinski definition) is 1. The van der Waals surface area contributed by atoms with Crippen LogP contribution in [0.5, 0.6) is 0 Å². The minimum Gasteiger partial charge on any atom is -0.391 e. The first kappa shape index (κ1) is 21.9. The maximum absolute atomic E-state index is 13.4. The Morgan fingerprint density at radius 1 is 1.12 bits per heavy atom. The number of piperidine rings is 1. The van der Waals surface area contributed by atoms with Gasteiger partial charge in [0, 0.05) is 37.7 Å². The number of halogens is 1. The van der Waals surface area contributed by atoms with E-state index in [9.17, 15) is 9.90 Å². The molecule has 5 nitrogen and oxygen atoms in total. The normalized spacial score (nSPS) is 23.4. The van der Waals surface area contributed by atoms with Crippen LogP contribution in [0.25, 0.3) is 0 Å². The Balaban J connectivity index is 1.29. The first-order valence-electron chi connectivity index (χ1n) is 11.7. The van der Waals surface area contributed by atoms with E-state index < -0.39 is 6.10 Å². The molecule has 2 aromatic carbocycles. The first-order valence-corrected chi connectivity index (χ1v) is 12.1. The van der Waals surface area contributed by atoms with Crippen molar-refractivity contribution in [1.29, 1.82) is 0 Å². The molecule has 3 aliphatic rings. The van der Waals surface area contributed by atoms with Gasteiger partial charge in [-0.3, -0.25) is 4.79 Å². The van der Waals surface area contributed by atoms with Crippen molar-refractivity contribution in [1.82, 2.24) is 9.80 Å². The van der Waals surface area contributed by atoms with Crippen LogP contribution in [0.1, 0.15) is 36.0 Å². The molecule has 0 aliphatic carbocycles. The highest BCUT2D eigenvalue weighted by Crippen LogP contribution is 2.44. The van der Waals surface area contributed by atoms with E-state index in [4.69, 9.17) is 16.3 Å². The van der Waals surface area contributed by atoms with Crippen LogP contribution in [0, 0.1) is 5.92 Å². The highest BCUT2D eigenvalue weighted by Gasteiger charge is 2.43. The van der Waals surface area contributed by atoms with Gasteiger partial charge in [0.15, 0.2) is 0 Å². The van der Waals surface area contributed by atoms with Crippen LogP contribution in [0.15, 0.2) is 48.5 Å². The fraction of sp³-hybridized carbons (Fsp3) is 0.500. The van der Waals surface area contributed by atoms with E-state index in [-0.39, 0.29) is 17.4 Å². The number of aliphatic hydroxyl groups excluding tert-OH is 1. The lowest BCUT2D eigenvalue weighted by Crippen LogP contribution is -2.47. The maximum Gasteiger partial charge on any atom is 0.227 e. The molecule has 1 spiro atoms. The molecular weight excluding hydrogens is 424 g/mol. The molecule has 2 fully saturated rings. The Morgan fingerprint density at radius 3 is 2.62 bits per heavy atom. The van der Waals surface area contributed by atoms with Gasteiger partial charge in [-0.1, -0.05) is 54.1 Å². The monoisotopic (exact) mass is 454 g/mol. The molecule has 3 aliphatic heterocycles. The van der Waals surface area contributed by atoms with Gasteiger partial charge in [0.05, 0.1) is 24.2 Å². The minimum atomic E-state index is -0.408. The molecule has 2 saturated heterocycles. The van der Waals surface area contributed by atoms with Gasteiger partial charge in [0.1, 0.15) is 0 Å². The fourth-order valence-electron chi connectivity index (χ4n) is 5.57. The van der Waals surface area contributed by atoms with E-state index >= 15 is 0 Å². The van der Waals surface area contributed by atoms with Crippen LogP contribution < -0.4 is 0 Å². The van der Waals surface area contributed by atoms with Gasteiger partial charge < -0.3 is 19.6 Å². The molecule has 2 aromatic rings. The molecule has 0 bridgehead atoms. The third-order valence-electron chi connectivity index (χ3n) is 7.40. The lowest BCUT2D eigenvalue weighted by Gasteiger charge is -2.40. The van der Waals surface area contributed by atoms with Crippen molar-refractivity contribution in [2.24, 2.45) is 5.92 Å². The molecule has 1 unspecified atom stereocenters. The van der Waals surface area contributed by atoms with Crippen molar-refractivity contribution in [3.63, 3.8) is 0 Å². The summed E-state index contributed by atoms with van der Waals surface area (Å²) >= 11 is 6.43. The average molecular weight is 455 g/mol. The predicted octanol–water partition coefficient (Wildman–Crippen LogP) is 3.61. The van der Waals surface area contributed by atoms with Crippen LogP contribution >= 0.6 is 11.6 Å². The molecule has 0 saturated carbocycles. The summed E-state index contributed by atoms with van der Waals surface area (Å²) in [6.45, 7) is 4.28. The van der Waals surface area contributed by atoms with E-state index in [2.05, 4.69) is 29.2 Å². The van der Waals surface area contributed by atoms with Crippen molar-refractivity contribution < 1.29 is 14.6 Å². The molecule has 32 heavy (non-hydrogen) atoms. The first-order chi connectivity index (χ1) is 15.5. The van der Waals surface area contributed by atoms with Crippen molar-refractivity contribution in [2.45, 2.75) is 44.0 Å². The summed E-state index contributed by atoms with van der Waals surface area (Å²) in [5.41, 5.74) is 3.48. The molecule has 170 valence electrons. The van der Waals surface area contributed by atoms with E-state index in [1.165, 1.54) is 11.1 Å². The molecule has 1 amide bonds. The number of hydrogen-bond acceptors (Lipinski definition) is 4. The zero-order valence-corrected chi connectivity index (χ0v) is 19.1. The summed E-state index contributed by atoms with van der Waals surface area (Å²) in [6.07, 6.45) is 2.76. The molecule has 3 heterocycles. The summed E-state index contributed by atoms with van der Waals surface area (Å²) in [5, 5.41) is 10.7. The second-order valence-corrected chi connectivity index (χ2v) is 9.87. The molecule has 1 N–H and O–H groups in total. The van der Waals surface area contributed by atoms with E-state index in [1.54, 1.807) is 0 Å². The van der Waals surface area contributed by atoms with Crippen LogP contribution in [0.4, 0.5) is 0 Å². The largest absolute Gasteiger partial charge is 0.391 e. The Labute approximate surface area is 194 Å². The number of carbonyl (C=O) groups excluding carboxylic acids is 1. The SMILES string of the molecule is O=C(C(Cc1ccccc1Cl)CN1CCC2(CC1)OCc1ccccc12)N1CC[C@@H](O)C1. The number of carbonyl (C=O) groups is 1. The minimum absolute atomic E-state index is 0.129. The predicted molar refractivity (Wildman–Crippen MR) is 124 cm³/mol. The molecule has 0 aromatic heterocycles. The van der Waals surface area contributed by atoms with Gasteiger partial charge in [-0.15, -0.1) is 0 Å². The fourth-order valence-corrected chi connectivity index (χ4v) is 5.78. The number of benzene rings is 2. The Morgan fingerprint density at radius 2 is 1.88 bits per heavy atom. The van der Waals surface area contributed by atoms with Gasteiger partial charge in [0.2, 0.25) is 5.91 Å². The molecular formula is C26H31ClN2O3. The van der Waals surface area contributed by atoms with E-state index in [1.807, 2.05) is 29.2 Å². The Bertz CT molecular complexity index is 973. The molecule has 5 rings (SSSR count). The number of ether oxygens (including phenoxy) is 1. The maximum atomic E-state index is 13.4. The smallest absolute Gasteiger partial charge is 0.227 e. The van der Waals surface area contributed by atoms with E-state index in [0.29, 0.717) is 44.1 Å². The number of likely N-dealkylation sites (tertiary alicyclic amines) is 2. The highest BCUT2D eigenvalue weighted by molar-refractivity contribution is 6.31. The van der Waals surface area contributed by atoms with Gasteiger partial charge in [0.25, 0.3) is 0 Å². The molecule has 2 atom stereocenters. The lowest BCUT2D eigenvalue weighted by molar-refractivity contribution is -0.136.